The summed E-state index contributed by atoms with van der Waals surface area (Å²) in [6.07, 6.45) is 1.37. The third kappa shape index (κ3) is 7.00. The Morgan fingerprint density at radius 1 is 1.06 bits per heavy atom. The van der Waals surface area contributed by atoms with Crippen LogP contribution in [0.15, 0.2) is 36.4 Å². The normalized spacial score (nSPS) is 13.7. The summed E-state index contributed by atoms with van der Waals surface area (Å²) < 4.78 is 24.5. The smallest absolute Gasteiger partial charge is 0.320 e. The third-order valence-corrected chi connectivity index (χ3v) is 5.80. The van der Waals surface area contributed by atoms with Crippen LogP contribution in [-0.2, 0) is 17.8 Å². The summed E-state index contributed by atoms with van der Waals surface area (Å²) in [5.41, 5.74) is 1.69. The molecule has 0 aliphatic carbocycles. The number of rotatable bonds is 11. The number of carbonyl (C=O) groups excluding carboxylic acids is 2. The molecule has 184 valence electrons. The van der Waals surface area contributed by atoms with Crippen molar-refractivity contribution in [3.05, 3.63) is 58.4 Å². The number of benzene rings is 2. The van der Waals surface area contributed by atoms with Gasteiger partial charge in [-0.25, -0.2) is 9.18 Å². The topological polar surface area (TPSA) is 71.1 Å². The van der Waals surface area contributed by atoms with Gasteiger partial charge in [0, 0.05) is 31.2 Å². The lowest BCUT2D eigenvalue weighted by Crippen LogP contribution is -2.52. The van der Waals surface area contributed by atoms with Crippen LogP contribution in [0.4, 0.5) is 9.18 Å². The average Bonchev–Trinajstić information content (AvgIpc) is 2.80. The first-order chi connectivity index (χ1) is 16.4. The maximum Gasteiger partial charge on any atom is 0.320 e. The lowest BCUT2D eigenvalue weighted by atomic mass is 10.1. The first-order valence-electron chi connectivity index (χ1n) is 11.5. The molecule has 34 heavy (non-hydrogen) atoms. The van der Waals surface area contributed by atoms with E-state index in [0.717, 1.165) is 12.0 Å². The molecule has 7 nitrogen and oxygen atoms in total. The number of urea groups is 1. The Morgan fingerprint density at radius 3 is 2.53 bits per heavy atom. The van der Waals surface area contributed by atoms with Crippen molar-refractivity contribution >= 4 is 23.5 Å². The highest BCUT2D eigenvalue weighted by Gasteiger charge is 2.27. The highest BCUT2D eigenvalue weighted by atomic mass is 35.5. The van der Waals surface area contributed by atoms with E-state index in [2.05, 4.69) is 5.32 Å². The second kappa shape index (κ2) is 12.5. The van der Waals surface area contributed by atoms with Crippen LogP contribution in [0.2, 0.25) is 5.02 Å². The lowest BCUT2D eigenvalue weighted by molar-refractivity contribution is -0.121. The third-order valence-electron chi connectivity index (χ3n) is 5.45. The van der Waals surface area contributed by atoms with Gasteiger partial charge in [0.15, 0.2) is 11.5 Å². The minimum absolute atomic E-state index is 0.0139. The van der Waals surface area contributed by atoms with Gasteiger partial charge in [0.05, 0.1) is 13.2 Å². The van der Waals surface area contributed by atoms with E-state index in [9.17, 15) is 14.0 Å². The van der Waals surface area contributed by atoms with Crippen molar-refractivity contribution in [2.75, 3.05) is 39.4 Å². The van der Waals surface area contributed by atoms with E-state index in [4.69, 9.17) is 21.1 Å². The number of halogens is 2. The molecule has 1 heterocycles. The molecule has 1 N–H and O–H groups in total. The molecule has 1 aliphatic heterocycles. The molecule has 9 heteroatoms. The fraction of sp³-hybridized carbons (Fsp3) is 0.440. The minimum Gasteiger partial charge on any atom is -0.490 e. The second-order valence-corrected chi connectivity index (χ2v) is 8.37. The van der Waals surface area contributed by atoms with Crippen LogP contribution in [0.1, 0.15) is 31.4 Å². The molecule has 0 atom stereocenters. The number of hydrogen-bond acceptors (Lipinski definition) is 4. The number of hydrogen-bond donors (Lipinski definition) is 1. The van der Waals surface area contributed by atoms with Crippen molar-refractivity contribution < 1.29 is 23.5 Å². The Hall–Kier alpha value is -3.00. The molecule has 1 fully saturated rings. The molecule has 0 saturated carbocycles. The van der Waals surface area contributed by atoms with Gasteiger partial charge >= 0.3 is 6.03 Å². The number of nitrogens with one attached hydrogen (secondary N) is 1. The lowest BCUT2D eigenvalue weighted by Gasteiger charge is -2.35. The predicted octanol–water partition coefficient (Wildman–Crippen LogP) is 4.26. The first kappa shape index (κ1) is 25.6. The molecule has 0 bridgehead atoms. The monoisotopic (exact) mass is 491 g/mol. The number of amides is 3. The fourth-order valence-corrected chi connectivity index (χ4v) is 4.05. The highest BCUT2D eigenvalue weighted by molar-refractivity contribution is 6.31. The molecule has 3 amide bonds. The molecule has 0 spiro atoms. The molecule has 2 aromatic carbocycles. The Morgan fingerprint density at radius 2 is 1.79 bits per heavy atom. The van der Waals surface area contributed by atoms with Crippen LogP contribution < -0.4 is 14.8 Å². The Balaban J connectivity index is 1.49. The SMILES string of the molecule is CCOc1ccc(CCNC(=O)CN2CCCN(Cc3ccc(F)cc3Cl)C2=O)cc1OCC. The Labute approximate surface area is 204 Å². The zero-order valence-electron chi connectivity index (χ0n) is 19.6. The molecular formula is C25H31ClFN3O4. The van der Waals surface area contributed by atoms with Crippen molar-refractivity contribution in [2.24, 2.45) is 0 Å². The van der Waals surface area contributed by atoms with Crippen LogP contribution >= 0.6 is 11.6 Å². The van der Waals surface area contributed by atoms with Gasteiger partial charge in [-0.2, -0.15) is 0 Å². The summed E-state index contributed by atoms with van der Waals surface area (Å²) in [6.45, 7) is 6.70. The quantitative estimate of drug-likeness (QED) is 0.510. The first-order valence-corrected chi connectivity index (χ1v) is 11.9. The Kier molecular flexibility index (Phi) is 9.39. The summed E-state index contributed by atoms with van der Waals surface area (Å²) in [5, 5.41) is 3.17. The number of ether oxygens (including phenoxy) is 2. The molecule has 3 rings (SSSR count). The van der Waals surface area contributed by atoms with E-state index in [0.29, 0.717) is 56.3 Å². The van der Waals surface area contributed by atoms with E-state index < -0.39 is 5.82 Å². The van der Waals surface area contributed by atoms with Gasteiger partial charge in [-0.05, 0) is 62.1 Å². The van der Waals surface area contributed by atoms with Crippen LogP contribution in [0.3, 0.4) is 0 Å². The van der Waals surface area contributed by atoms with Gasteiger partial charge in [0.25, 0.3) is 0 Å². The number of nitrogens with zero attached hydrogens (tertiary/aromatic N) is 2. The molecule has 0 unspecified atom stereocenters. The highest BCUT2D eigenvalue weighted by Crippen LogP contribution is 2.28. The van der Waals surface area contributed by atoms with E-state index in [1.807, 2.05) is 32.0 Å². The van der Waals surface area contributed by atoms with Crippen molar-refractivity contribution in [1.29, 1.82) is 0 Å². The summed E-state index contributed by atoms with van der Waals surface area (Å²) in [4.78, 5) is 28.5. The van der Waals surface area contributed by atoms with E-state index in [1.54, 1.807) is 11.0 Å². The molecular weight excluding hydrogens is 461 g/mol. The van der Waals surface area contributed by atoms with Gasteiger partial charge < -0.3 is 24.6 Å². The summed E-state index contributed by atoms with van der Waals surface area (Å²) >= 11 is 6.11. The fourth-order valence-electron chi connectivity index (χ4n) is 3.82. The maximum absolute atomic E-state index is 13.3. The van der Waals surface area contributed by atoms with Crippen LogP contribution in [0.5, 0.6) is 11.5 Å². The van der Waals surface area contributed by atoms with Gasteiger partial charge in [-0.1, -0.05) is 23.7 Å². The van der Waals surface area contributed by atoms with Crippen molar-refractivity contribution in [3.63, 3.8) is 0 Å². The molecule has 2 aromatic rings. The van der Waals surface area contributed by atoms with Crippen molar-refractivity contribution in [2.45, 2.75) is 33.2 Å². The molecule has 1 aliphatic rings. The summed E-state index contributed by atoms with van der Waals surface area (Å²) in [7, 11) is 0. The van der Waals surface area contributed by atoms with Gasteiger partial charge in [-0.15, -0.1) is 0 Å². The average molecular weight is 492 g/mol. The van der Waals surface area contributed by atoms with Gasteiger partial charge in [-0.3, -0.25) is 4.79 Å². The van der Waals surface area contributed by atoms with E-state index in [-0.39, 0.29) is 30.1 Å². The molecule has 1 saturated heterocycles. The van der Waals surface area contributed by atoms with Crippen molar-refractivity contribution in [3.8, 4) is 11.5 Å². The van der Waals surface area contributed by atoms with Crippen LogP contribution in [-0.4, -0.2) is 61.1 Å². The van der Waals surface area contributed by atoms with Crippen molar-refractivity contribution in [1.82, 2.24) is 15.1 Å². The van der Waals surface area contributed by atoms with Gasteiger partial charge in [0.1, 0.15) is 12.4 Å². The Bertz CT molecular complexity index is 1000. The maximum atomic E-state index is 13.3. The zero-order chi connectivity index (χ0) is 24.5. The van der Waals surface area contributed by atoms with E-state index >= 15 is 0 Å². The van der Waals surface area contributed by atoms with Crippen LogP contribution in [0, 0.1) is 5.82 Å². The molecule has 0 aromatic heterocycles. The largest absolute Gasteiger partial charge is 0.490 e. The summed E-state index contributed by atoms with van der Waals surface area (Å²) in [5.74, 6) is 0.753. The standard InChI is InChI=1S/C25H31ClFN3O4/c1-3-33-22-9-6-18(14-23(22)34-4-2)10-11-28-24(31)17-30-13-5-12-29(25(30)32)16-19-7-8-20(27)15-21(19)26/h6-9,14-15H,3-5,10-13,16-17H2,1-2H3,(H,28,31). The zero-order valence-corrected chi connectivity index (χ0v) is 20.4. The van der Waals surface area contributed by atoms with Gasteiger partial charge in [0.2, 0.25) is 5.91 Å². The molecule has 0 radical (unpaired) electrons. The summed E-state index contributed by atoms with van der Waals surface area (Å²) in [6, 6.07) is 9.66. The minimum atomic E-state index is -0.420. The van der Waals surface area contributed by atoms with Crippen LogP contribution in [0.25, 0.3) is 0 Å². The number of carbonyl (C=O) groups is 2. The van der Waals surface area contributed by atoms with E-state index in [1.165, 1.54) is 17.0 Å². The second-order valence-electron chi connectivity index (χ2n) is 7.96. The predicted molar refractivity (Wildman–Crippen MR) is 129 cm³/mol.